The van der Waals surface area contributed by atoms with Crippen LogP contribution in [0, 0.1) is 5.82 Å². The van der Waals surface area contributed by atoms with Gasteiger partial charge in [0.25, 0.3) is 11.8 Å². The van der Waals surface area contributed by atoms with E-state index in [1.54, 1.807) is 11.9 Å². The van der Waals surface area contributed by atoms with Crippen molar-refractivity contribution in [3.8, 4) is 0 Å². The second kappa shape index (κ2) is 8.60. The van der Waals surface area contributed by atoms with Crippen LogP contribution in [-0.4, -0.2) is 91.2 Å². The number of carbonyl (C=O) groups is 2. The Balaban J connectivity index is 1.84. The summed E-state index contributed by atoms with van der Waals surface area (Å²) < 4.78 is 18.6. The summed E-state index contributed by atoms with van der Waals surface area (Å²) in [7, 11) is 1.66. The number of halogens is 1. The van der Waals surface area contributed by atoms with Crippen molar-refractivity contribution >= 4 is 17.4 Å². The number of imide groups is 1. The van der Waals surface area contributed by atoms with Gasteiger partial charge in [-0.2, -0.15) is 0 Å². The van der Waals surface area contributed by atoms with Crippen LogP contribution in [0.1, 0.15) is 5.56 Å². The molecule has 0 atom stereocenters. The van der Waals surface area contributed by atoms with Crippen molar-refractivity contribution in [3.63, 3.8) is 0 Å². The molecule has 0 aliphatic carbocycles. The van der Waals surface area contributed by atoms with Crippen LogP contribution in [0.5, 0.6) is 0 Å². The van der Waals surface area contributed by atoms with Crippen molar-refractivity contribution in [2.24, 2.45) is 0 Å². The number of nitrogens with zero attached hydrogens (tertiary/aromatic N) is 3. The Morgan fingerprint density at radius 3 is 2.41 bits per heavy atom. The summed E-state index contributed by atoms with van der Waals surface area (Å²) in [5, 5.41) is 9.24. The lowest BCUT2D eigenvalue weighted by Crippen LogP contribution is -2.44. The number of rotatable bonds is 7. The van der Waals surface area contributed by atoms with E-state index in [-0.39, 0.29) is 42.8 Å². The maximum absolute atomic E-state index is 13.3. The summed E-state index contributed by atoms with van der Waals surface area (Å²) in [4.78, 5) is 30.9. The Morgan fingerprint density at radius 1 is 1.11 bits per heavy atom. The summed E-state index contributed by atoms with van der Waals surface area (Å²) in [5.74, 6) is -1.19. The zero-order valence-corrected chi connectivity index (χ0v) is 15.4. The Morgan fingerprint density at radius 2 is 1.78 bits per heavy atom. The number of hydrogen-bond acceptors (Lipinski definition) is 6. The molecule has 27 heavy (non-hydrogen) atoms. The molecule has 1 saturated heterocycles. The number of hydrogen-bond donors (Lipinski definition) is 1. The Hall–Kier alpha value is -2.29. The van der Waals surface area contributed by atoms with Crippen molar-refractivity contribution in [2.45, 2.75) is 0 Å². The average Bonchev–Trinajstić information content (AvgIpc) is 2.92. The third-order valence-corrected chi connectivity index (χ3v) is 4.84. The Labute approximate surface area is 157 Å². The average molecular weight is 377 g/mol. The SMILES string of the molecule is CN(CCO)C1=C(c2ccc(F)cc2)C(=O)N(CCN2CCOCC2)C1=O. The number of aliphatic hydroxyl groups is 1. The van der Waals surface area contributed by atoms with Gasteiger partial charge in [0.1, 0.15) is 11.5 Å². The number of benzene rings is 1. The first kappa shape index (κ1) is 19.5. The van der Waals surface area contributed by atoms with E-state index in [1.165, 1.54) is 29.2 Å². The number of carbonyl (C=O) groups excluding carboxylic acids is 2. The van der Waals surface area contributed by atoms with E-state index in [2.05, 4.69) is 4.90 Å². The van der Waals surface area contributed by atoms with E-state index in [4.69, 9.17) is 4.74 Å². The lowest BCUT2D eigenvalue weighted by atomic mass is 10.0. The normalized spacial score (nSPS) is 18.6. The molecule has 8 heteroatoms. The van der Waals surface area contributed by atoms with E-state index < -0.39 is 5.82 Å². The quantitative estimate of drug-likeness (QED) is 0.683. The van der Waals surface area contributed by atoms with Gasteiger partial charge >= 0.3 is 0 Å². The maximum Gasteiger partial charge on any atom is 0.277 e. The van der Waals surface area contributed by atoms with Crippen molar-refractivity contribution < 1.29 is 23.8 Å². The molecule has 1 fully saturated rings. The minimum absolute atomic E-state index is 0.147. The minimum atomic E-state index is -0.412. The van der Waals surface area contributed by atoms with Crippen LogP contribution in [0.4, 0.5) is 4.39 Å². The van der Waals surface area contributed by atoms with Crippen LogP contribution in [0.25, 0.3) is 5.57 Å². The molecule has 1 N–H and O–H groups in total. The van der Waals surface area contributed by atoms with Gasteiger partial charge in [0, 0.05) is 39.8 Å². The van der Waals surface area contributed by atoms with Crippen LogP contribution in [-0.2, 0) is 14.3 Å². The van der Waals surface area contributed by atoms with Gasteiger partial charge in [0.05, 0.1) is 25.4 Å². The zero-order valence-electron chi connectivity index (χ0n) is 15.4. The van der Waals surface area contributed by atoms with Gasteiger partial charge in [-0.3, -0.25) is 19.4 Å². The number of ether oxygens (including phenoxy) is 1. The predicted molar refractivity (Wildman–Crippen MR) is 97.0 cm³/mol. The van der Waals surface area contributed by atoms with Gasteiger partial charge in [-0.05, 0) is 17.7 Å². The van der Waals surface area contributed by atoms with Crippen molar-refractivity contribution in [1.82, 2.24) is 14.7 Å². The number of morpholine rings is 1. The summed E-state index contributed by atoms with van der Waals surface area (Å²) in [6, 6.07) is 5.52. The fraction of sp³-hybridized carbons (Fsp3) is 0.474. The molecule has 2 aliphatic heterocycles. The Kier molecular flexibility index (Phi) is 6.20. The molecule has 0 aromatic heterocycles. The topological polar surface area (TPSA) is 73.3 Å². The summed E-state index contributed by atoms with van der Waals surface area (Å²) >= 11 is 0. The second-order valence-electron chi connectivity index (χ2n) is 6.59. The lowest BCUT2D eigenvalue weighted by molar-refractivity contribution is -0.137. The predicted octanol–water partition coefficient (Wildman–Crippen LogP) is 0.162. The van der Waals surface area contributed by atoms with E-state index in [1.807, 2.05) is 0 Å². The number of likely N-dealkylation sites (N-methyl/N-ethyl adjacent to an activating group) is 1. The zero-order chi connectivity index (χ0) is 19.4. The molecule has 7 nitrogen and oxygen atoms in total. The molecule has 0 spiro atoms. The van der Waals surface area contributed by atoms with Gasteiger partial charge in [-0.25, -0.2) is 4.39 Å². The molecule has 1 aromatic rings. The van der Waals surface area contributed by atoms with Crippen molar-refractivity contribution in [2.75, 3.05) is 59.6 Å². The first-order chi connectivity index (χ1) is 13.0. The molecule has 0 saturated carbocycles. The van der Waals surface area contributed by atoms with Gasteiger partial charge in [-0.15, -0.1) is 0 Å². The minimum Gasteiger partial charge on any atom is -0.395 e. The summed E-state index contributed by atoms with van der Waals surface area (Å²) in [6.07, 6.45) is 0. The highest BCUT2D eigenvalue weighted by Gasteiger charge is 2.40. The third-order valence-electron chi connectivity index (χ3n) is 4.84. The van der Waals surface area contributed by atoms with Crippen molar-refractivity contribution in [1.29, 1.82) is 0 Å². The van der Waals surface area contributed by atoms with Gasteiger partial charge < -0.3 is 14.7 Å². The van der Waals surface area contributed by atoms with Gasteiger partial charge in [0.2, 0.25) is 0 Å². The van der Waals surface area contributed by atoms with Crippen LogP contribution < -0.4 is 0 Å². The smallest absolute Gasteiger partial charge is 0.277 e. The van der Waals surface area contributed by atoms with Crippen molar-refractivity contribution in [3.05, 3.63) is 41.3 Å². The molecule has 3 rings (SSSR count). The fourth-order valence-corrected chi connectivity index (χ4v) is 3.33. The Bertz CT molecular complexity index is 729. The highest BCUT2D eigenvalue weighted by atomic mass is 19.1. The molecule has 2 aliphatic rings. The molecular formula is C19H24FN3O4. The van der Waals surface area contributed by atoms with Crippen LogP contribution in [0.3, 0.4) is 0 Å². The van der Waals surface area contributed by atoms with Crippen LogP contribution in [0.2, 0.25) is 0 Å². The van der Waals surface area contributed by atoms with E-state index in [0.29, 0.717) is 25.3 Å². The van der Waals surface area contributed by atoms with E-state index >= 15 is 0 Å². The first-order valence-electron chi connectivity index (χ1n) is 9.01. The fourth-order valence-electron chi connectivity index (χ4n) is 3.33. The van der Waals surface area contributed by atoms with E-state index in [9.17, 15) is 19.1 Å². The standard InChI is InChI=1S/C19H24FN3O4/c1-21(8-11-24)17-16(14-2-4-15(20)5-3-14)18(25)23(19(17)26)7-6-22-9-12-27-13-10-22/h2-5,24H,6-13H2,1H3. The highest BCUT2D eigenvalue weighted by molar-refractivity contribution is 6.35. The molecule has 0 unspecified atom stereocenters. The molecule has 146 valence electrons. The molecule has 0 bridgehead atoms. The summed E-state index contributed by atoms with van der Waals surface area (Å²) in [6.45, 7) is 3.75. The molecular weight excluding hydrogens is 353 g/mol. The first-order valence-corrected chi connectivity index (χ1v) is 9.01. The molecule has 2 heterocycles. The van der Waals surface area contributed by atoms with Crippen LogP contribution >= 0.6 is 0 Å². The second-order valence-corrected chi connectivity index (χ2v) is 6.59. The largest absolute Gasteiger partial charge is 0.395 e. The van der Waals surface area contributed by atoms with Crippen LogP contribution in [0.15, 0.2) is 30.0 Å². The number of aliphatic hydroxyl groups excluding tert-OH is 1. The third kappa shape index (κ3) is 4.18. The summed E-state index contributed by atoms with van der Waals surface area (Å²) in [5.41, 5.74) is 0.976. The maximum atomic E-state index is 13.3. The van der Waals surface area contributed by atoms with Gasteiger partial charge in [-0.1, -0.05) is 12.1 Å². The lowest BCUT2D eigenvalue weighted by Gasteiger charge is -2.28. The molecule has 1 aromatic carbocycles. The molecule has 0 radical (unpaired) electrons. The monoisotopic (exact) mass is 377 g/mol. The van der Waals surface area contributed by atoms with Gasteiger partial charge in [0.15, 0.2) is 0 Å². The highest BCUT2D eigenvalue weighted by Crippen LogP contribution is 2.31. The molecule has 2 amide bonds. The number of amides is 2. The van der Waals surface area contributed by atoms with E-state index in [0.717, 1.165) is 13.1 Å².